The van der Waals surface area contributed by atoms with Gasteiger partial charge >= 0.3 is 5.97 Å². The number of nitrogens with one attached hydrogen (secondary N) is 1. The molecule has 6 unspecified atom stereocenters. The van der Waals surface area contributed by atoms with E-state index in [4.69, 9.17) is 9.47 Å². The molecule has 0 aromatic heterocycles. The first kappa shape index (κ1) is 33.8. The number of ether oxygens (including phenoxy) is 2. The van der Waals surface area contributed by atoms with Crippen LogP contribution >= 0.6 is 0 Å². The van der Waals surface area contributed by atoms with E-state index in [1.807, 2.05) is 55.5 Å². The normalized spacial score (nSPS) is 26.7. The number of fused-ring (bicyclic) bond motifs is 4. The Hall–Kier alpha value is -5.65. The number of amides is 4. The topological polar surface area (TPSA) is 163 Å². The molecule has 2 aliphatic heterocycles. The Morgan fingerprint density at radius 3 is 2.22 bits per heavy atom. The number of hydrogen-bond donors (Lipinski definition) is 3. The first-order valence-corrected chi connectivity index (χ1v) is 17.0. The zero-order chi connectivity index (χ0) is 36.2. The monoisotopic (exact) mass is 693 g/mol. The van der Waals surface area contributed by atoms with E-state index >= 15 is 4.79 Å². The summed E-state index contributed by atoms with van der Waals surface area (Å²) in [5.41, 5.74) is 4.97. The molecular weight excluding hydrogens is 654 g/mol. The molecule has 2 heterocycles. The fourth-order valence-corrected chi connectivity index (χ4v) is 8.88. The van der Waals surface area contributed by atoms with E-state index in [-0.39, 0.29) is 55.4 Å². The molecule has 0 radical (unpaired) electrons. The first-order valence-electron chi connectivity index (χ1n) is 17.0. The van der Waals surface area contributed by atoms with Crippen LogP contribution in [0.25, 0.3) is 0 Å². The predicted molar refractivity (Wildman–Crippen MR) is 184 cm³/mol. The van der Waals surface area contributed by atoms with Gasteiger partial charge in [-0.25, -0.2) is 0 Å². The van der Waals surface area contributed by atoms with Gasteiger partial charge in [0.25, 0.3) is 11.8 Å². The molecule has 12 heteroatoms. The van der Waals surface area contributed by atoms with Crippen LogP contribution in [0.4, 0.5) is 5.69 Å². The fourth-order valence-electron chi connectivity index (χ4n) is 8.88. The minimum absolute atomic E-state index is 0.0160. The molecule has 264 valence electrons. The third kappa shape index (κ3) is 5.23. The lowest BCUT2D eigenvalue weighted by Crippen LogP contribution is -2.53. The Bertz CT molecular complexity index is 1930. The molecule has 3 N–H and O–H groups in total. The van der Waals surface area contributed by atoms with Gasteiger partial charge in [-0.15, -0.1) is 0 Å². The van der Waals surface area contributed by atoms with Gasteiger partial charge in [0.2, 0.25) is 17.6 Å². The van der Waals surface area contributed by atoms with Crippen LogP contribution in [0.1, 0.15) is 48.3 Å². The number of carboxylic acids is 1. The second kappa shape index (κ2) is 12.9. The van der Waals surface area contributed by atoms with Gasteiger partial charge < -0.3 is 19.7 Å². The molecule has 3 aromatic rings. The number of methoxy groups -OCH3 is 2. The zero-order valence-corrected chi connectivity index (χ0v) is 28.5. The average molecular weight is 694 g/mol. The van der Waals surface area contributed by atoms with Crippen molar-refractivity contribution in [2.75, 3.05) is 26.2 Å². The number of carbonyl (C=O) groups excluding carboxylic acids is 4. The van der Waals surface area contributed by atoms with Crippen molar-refractivity contribution >= 4 is 35.3 Å². The maximum Gasteiger partial charge on any atom is 0.303 e. The zero-order valence-electron chi connectivity index (χ0n) is 28.5. The molecular formula is C39H39N3O9. The van der Waals surface area contributed by atoms with Gasteiger partial charge in [0, 0.05) is 18.9 Å². The fraction of sp³-hybridized carbons (Fsp3) is 0.359. The SMILES string of the molecule is COc1cc(C2C3=CCC4C(=O)N(CCCC(=O)O)C(=O)C4C3CC3C(=O)N(Nc4ccc(C)cc4)C(=O)C32c2ccccc2)cc(OC)c1O. The number of hydrazine groups is 1. The van der Waals surface area contributed by atoms with E-state index in [0.717, 1.165) is 16.1 Å². The number of phenolic OH excluding ortho intramolecular Hbond substituents is 1. The van der Waals surface area contributed by atoms with E-state index in [1.165, 1.54) is 19.1 Å². The molecule has 2 saturated heterocycles. The number of imide groups is 2. The van der Waals surface area contributed by atoms with Crippen LogP contribution in [0.5, 0.6) is 17.2 Å². The second-order valence-corrected chi connectivity index (χ2v) is 13.7. The van der Waals surface area contributed by atoms with Crippen LogP contribution in [0, 0.1) is 30.6 Å². The minimum Gasteiger partial charge on any atom is -0.502 e. The Kier molecular flexibility index (Phi) is 8.56. The van der Waals surface area contributed by atoms with Crippen molar-refractivity contribution in [1.29, 1.82) is 0 Å². The van der Waals surface area contributed by atoms with Crippen molar-refractivity contribution in [2.24, 2.45) is 23.7 Å². The number of anilines is 1. The number of carboxylic acid groups (broad SMARTS) is 1. The summed E-state index contributed by atoms with van der Waals surface area (Å²) in [6.45, 7) is 1.92. The molecule has 4 aliphatic rings. The van der Waals surface area contributed by atoms with Crippen LogP contribution in [0.15, 0.2) is 78.4 Å². The van der Waals surface area contributed by atoms with Crippen molar-refractivity contribution in [1.82, 2.24) is 9.91 Å². The quantitative estimate of drug-likeness (QED) is 0.203. The van der Waals surface area contributed by atoms with Gasteiger partial charge in [0.05, 0.1) is 43.1 Å². The summed E-state index contributed by atoms with van der Waals surface area (Å²) in [4.78, 5) is 70.3. The number of aryl methyl sites for hydroxylation is 1. The number of likely N-dealkylation sites (tertiary alicyclic amines) is 1. The van der Waals surface area contributed by atoms with Crippen LogP contribution < -0.4 is 14.9 Å². The van der Waals surface area contributed by atoms with Crippen molar-refractivity contribution in [3.8, 4) is 17.2 Å². The number of hydrogen-bond acceptors (Lipinski definition) is 9. The number of allylic oxidation sites excluding steroid dienone is 2. The number of rotatable bonds is 10. The van der Waals surface area contributed by atoms with E-state index in [2.05, 4.69) is 5.43 Å². The maximum absolute atomic E-state index is 15.3. The lowest BCUT2D eigenvalue weighted by molar-refractivity contribution is -0.142. The molecule has 7 rings (SSSR count). The standard InChI is InChI=1S/C39H39N3O9/c1-21-11-13-24(14-12-21)40-42-36(47)28-20-27-25(15-16-26-32(27)37(48)41(35(26)46)17-7-10-31(43)44)33(22-18-29(50-2)34(45)30(19-22)51-3)39(28,38(42)49)23-8-5-4-6-9-23/h4-6,8-9,11-15,18-19,26-28,32-33,40,45H,7,10,16-17,20H2,1-3H3,(H,43,44). The summed E-state index contributed by atoms with van der Waals surface area (Å²) >= 11 is 0. The Morgan fingerprint density at radius 1 is 0.922 bits per heavy atom. The lowest BCUT2D eigenvalue weighted by Gasteiger charge is -2.50. The molecule has 51 heavy (non-hydrogen) atoms. The highest BCUT2D eigenvalue weighted by Crippen LogP contribution is 2.64. The number of phenols is 1. The number of aromatic hydroxyl groups is 1. The van der Waals surface area contributed by atoms with Crippen molar-refractivity contribution < 1.29 is 43.7 Å². The second-order valence-electron chi connectivity index (χ2n) is 13.7. The van der Waals surface area contributed by atoms with Gasteiger partial charge in [0.1, 0.15) is 0 Å². The van der Waals surface area contributed by atoms with Crippen LogP contribution in [0.2, 0.25) is 0 Å². The van der Waals surface area contributed by atoms with Gasteiger partial charge in [0.15, 0.2) is 11.5 Å². The van der Waals surface area contributed by atoms with E-state index in [9.17, 15) is 29.4 Å². The average Bonchev–Trinajstić information content (AvgIpc) is 3.50. The summed E-state index contributed by atoms with van der Waals surface area (Å²) in [5.74, 6) is -6.65. The third-order valence-electron chi connectivity index (χ3n) is 11.1. The van der Waals surface area contributed by atoms with E-state index in [1.54, 1.807) is 24.3 Å². The first-order chi connectivity index (χ1) is 24.5. The number of aliphatic carboxylic acids is 1. The Balaban J connectivity index is 1.43. The molecule has 4 amide bonds. The number of carbonyl (C=O) groups is 5. The van der Waals surface area contributed by atoms with Crippen molar-refractivity contribution in [2.45, 2.75) is 43.9 Å². The third-order valence-corrected chi connectivity index (χ3v) is 11.1. The number of nitrogens with zero attached hydrogens (tertiary/aromatic N) is 2. The highest BCUT2D eigenvalue weighted by molar-refractivity contribution is 6.13. The van der Waals surface area contributed by atoms with Crippen LogP contribution in [-0.2, 0) is 29.4 Å². The van der Waals surface area contributed by atoms with E-state index < -0.39 is 58.7 Å². The van der Waals surface area contributed by atoms with E-state index in [0.29, 0.717) is 16.8 Å². The smallest absolute Gasteiger partial charge is 0.303 e. The highest BCUT2D eigenvalue weighted by Gasteiger charge is 2.70. The Morgan fingerprint density at radius 2 is 1.59 bits per heavy atom. The summed E-state index contributed by atoms with van der Waals surface area (Å²) in [7, 11) is 2.81. The molecule has 0 bridgehead atoms. The summed E-state index contributed by atoms with van der Waals surface area (Å²) < 4.78 is 11.1. The summed E-state index contributed by atoms with van der Waals surface area (Å²) in [6.07, 6.45) is 2.21. The minimum atomic E-state index is -1.51. The Labute approximate surface area is 294 Å². The molecule has 0 spiro atoms. The molecule has 3 aromatic carbocycles. The van der Waals surface area contributed by atoms with Gasteiger partial charge in [-0.05, 0) is 67.5 Å². The maximum atomic E-state index is 15.3. The predicted octanol–water partition coefficient (Wildman–Crippen LogP) is 4.57. The molecule has 6 atom stereocenters. The van der Waals surface area contributed by atoms with Gasteiger partial charge in [-0.3, -0.25) is 34.3 Å². The number of benzene rings is 3. The summed E-state index contributed by atoms with van der Waals surface area (Å²) in [5, 5.41) is 21.2. The van der Waals surface area contributed by atoms with Crippen LogP contribution in [-0.4, -0.2) is 70.5 Å². The molecule has 12 nitrogen and oxygen atoms in total. The molecule has 1 saturated carbocycles. The van der Waals surface area contributed by atoms with Crippen molar-refractivity contribution in [3.63, 3.8) is 0 Å². The van der Waals surface area contributed by atoms with Crippen LogP contribution in [0.3, 0.4) is 0 Å². The molecule has 3 fully saturated rings. The highest BCUT2D eigenvalue weighted by atomic mass is 16.5. The van der Waals surface area contributed by atoms with Gasteiger partial charge in [-0.1, -0.05) is 59.7 Å². The van der Waals surface area contributed by atoms with Crippen molar-refractivity contribution in [3.05, 3.63) is 95.1 Å². The van der Waals surface area contributed by atoms with Gasteiger partial charge in [-0.2, -0.15) is 5.01 Å². The largest absolute Gasteiger partial charge is 0.502 e. The molecule has 2 aliphatic carbocycles. The summed E-state index contributed by atoms with van der Waals surface area (Å²) in [6, 6.07) is 19.7. The lowest BCUT2D eigenvalue weighted by atomic mass is 9.49.